The molecule has 2 rings (SSSR count). The van der Waals surface area contributed by atoms with E-state index in [9.17, 15) is 19.4 Å². The Labute approximate surface area is 183 Å². The summed E-state index contributed by atoms with van der Waals surface area (Å²) < 4.78 is 19.5. The quantitative estimate of drug-likeness (QED) is 0.484. The zero-order valence-electron chi connectivity index (χ0n) is 18.6. The Bertz CT molecular complexity index is 863. The number of hydrogen-bond acceptors (Lipinski definition) is 4. The Balaban J connectivity index is 2.31. The van der Waals surface area contributed by atoms with Crippen molar-refractivity contribution in [3.05, 3.63) is 64.5 Å². The van der Waals surface area contributed by atoms with Gasteiger partial charge in [0.05, 0.1) is 18.6 Å². The first-order chi connectivity index (χ1) is 14.6. The fourth-order valence-corrected chi connectivity index (χ4v) is 3.90. The van der Waals surface area contributed by atoms with Crippen LogP contribution in [0.4, 0.5) is 4.39 Å². The van der Waals surface area contributed by atoms with Gasteiger partial charge in [0.2, 0.25) is 0 Å². The molecule has 3 N–H and O–H groups in total. The Morgan fingerprint density at radius 2 is 1.68 bits per heavy atom. The molecule has 0 aliphatic heterocycles. The molecule has 1 unspecified atom stereocenters. The van der Waals surface area contributed by atoms with Gasteiger partial charge < -0.3 is 20.1 Å². The van der Waals surface area contributed by atoms with Crippen molar-refractivity contribution in [3.8, 4) is 5.75 Å². The van der Waals surface area contributed by atoms with Gasteiger partial charge in [0.25, 0.3) is 0 Å². The molecule has 0 aromatic heterocycles. The lowest BCUT2D eigenvalue weighted by atomic mass is 9.83. The van der Waals surface area contributed by atoms with Gasteiger partial charge in [-0.2, -0.15) is 0 Å². The number of aliphatic hydroxyl groups is 2. The predicted octanol–water partition coefficient (Wildman–Crippen LogP) is 4.59. The summed E-state index contributed by atoms with van der Waals surface area (Å²) >= 11 is 0. The van der Waals surface area contributed by atoms with Crippen LogP contribution < -0.4 is 4.74 Å². The Morgan fingerprint density at radius 1 is 1.03 bits per heavy atom. The predicted molar refractivity (Wildman–Crippen MR) is 118 cm³/mol. The maximum absolute atomic E-state index is 13.5. The van der Waals surface area contributed by atoms with Crippen molar-refractivity contribution >= 4 is 5.97 Å². The van der Waals surface area contributed by atoms with E-state index in [0.29, 0.717) is 11.7 Å². The molecular weight excluding hydrogens is 399 g/mol. The molecule has 3 atom stereocenters. The van der Waals surface area contributed by atoms with Crippen LogP contribution >= 0.6 is 0 Å². The smallest absolute Gasteiger partial charge is 0.305 e. The molecular formula is C25H33FO5. The topological polar surface area (TPSA) is 87.0 Å². The number of aliphatic carboxylic acids is 1. The van der Waals surface area contributed by atoms with E-state index in [2.05, 4.69) is 19.9 Å². The highest BCUT2D eigenvalue weighted by atomic mass is 19.1. The molecule has 0 saturated carbocycles. The van der Waals surface area contributed by atoms with Crippen LogP contribution in [0, 0.1) is 25.6 Å². The van der Waals surface area contributed by atoms with Crippen molar-refractivity contribution in [2.75, 3.05) is 6.61 Å². The van der Waals surface area contributed by atoms with Crippen LogP contribution in [0.25, 0.3) is 0 Å². The lowest BCUT2D eigenvalue weighted by Crippen LogP contribution is -2.26. The van der Waals surface area contributed by atoms with E-state index >= 15 is 0 Å². The second kappa shape index (κ2) is 11.3. The van der Waals surface area contributed by atoms with Gasteiger partial charge in [-0.1, -0.05) is 43.7 Å². The molecule has 0 fully saturated rings. The summed E-state index contributed by atoms with van der Waals surface area (Å²) in [5.41, 5.74) is 3.95. The van der Waals surface area contributed by atoms with E-state index in [0.717, 1.165) is 28.7 Å². The van der Waals surface area contributed by atoms with E-state index in [-0.39, 0.29) is 24.8 Å². The average Bonchev–Trinajstić information content (AvgIpc) is 2.64. The van der Waals surface area contributed by atoms with Crippen LogP contribution in [0.2, 0.25) is 0 Å². The molecule has 0 saturated heterocycles. The second-order valence-corrected chi connectivity index (χ2v) is 8.69. The molecule has 2 aromatic carbocycles. The summed E-state index contributed by atoms with van der Waals surface area (Å²) in [5.74, 6) is -0.364. The van der Waals surface area contributed by atoms with Crippen molar-refractivity contribution in [1.82, 2.24) is 0 Å². The number of benzene rings is 2. The third-order valence-corrected chi connectivity index (χ3v) is 5.18. The zero-order valence-corrected chi connectivity index (χ0v) is 18.6. The third kappa shape index (κ3) is 7.64. The number of ether oxygens (including phenoxy) is 1. The van der Waals surface area contributed by atoms with Crippen molar-refractivity contribution in [3.63, 3.8) is 0 Å². The van der Waals surface area contributed by atoms with E-state index in [1.165, 1.54) is 12.1 Å². The van der Waals surface area contributed by atoms with Crippen LogP contribution in [0.15, 0.2) is 36.4 Å². The molecule has 0 aliphatic carbocycles. The van der Waals surface area contributed by atoms with Crippen LogP contribution in [-0.4, -0.2) is 40.1 Å². The van der Waals surface area contributed by atoms with Gasteiger partial charge in [0, 0.05) is 17.9 Å². The van der Waals surface area contributed by atoms with E-state index in [1.807, 2.05) is 19.9 Å². The highest BCUT2D eigenvalue weighted by Gasteiger charge is 2.23. The number of carboxylic acid groups (broad SMARTS) is 1. The Hall–Kier alpha value is -2.44. The molecule has 2 aromatic rings. The van der Waals surface area contributed by atoms with Gasteiger partial charge in [0.15, 0.2) is 0 Å². The summed E-state index contributed by atoms with van der Waals surface area (Å²) in [6.45, 7) is 8.15. The normalized spacial score (nSPS) is 14.3. The van der Waals surface area contributed by atoms with Gasteiger partial charge in [-0.3, -0.25) is 4.79 Å². The minimum atomic E-state index is -1.14. The molecule has 0 bridgehead atoms. The zero-order chi connectivity index (χ0) is 23.1. The maximum Gasteiger partial charge on any atom is 0.305 e. The van der Waals surface area contributed by atoms with Crippen LogP contribution in [0.3, 0.4) is 0 Å². The fourth-order valence-electron chi connectivity index (χ4n) is 3.90. The lowest BCUT2D eigenvalue weighted by Gasteiger charge is -2.25. The molecule has 0 radical (unpaired) electrons. The van der Waals surface area contributed by atoms with Crippen LogP contribution in [0.1, 0.15) is 61.3 Å². The van der Waals surface area contributed by atoms with Crippen LogP contribution in [-0.2, 0) is 4.79 Å². The second-order valence-electron chi connectivity index (χ2n) is 8.69. The number of aliphatic hydroxyl groups excluding tert-OH is 2. The van der Waals surface area contributed by atoms with E-state index in [4.69, 9.17) is 9.84 Å². The van der Waals surface area contributed by atoms with Crippen molar-refractivity contribution in [1.29, 1.82) is 0 Å². The van der Waals surface area contributed by atoms with E-state index < -0.39 is 24.6 Å². The highest BCUT2D eigenvalue weighted by Crippen LogP contribution is 2.39. The largest absolute Gasteiger partial charge is 0.490 e. The number of halogens is 1. The first-order valence-corrected chi connectivity index (χ1v) is 10.6. The van der Waals surface area contributed by atoms with Gasteiger partial charge in [-0.15, -0.1) is 0 Å². The molecule has 0 spiro atoms. The number of carbonyl (C=O) groups is 1. The number of rotatable bonds is 11. The summed E-state index contributed by atoms with van der Waals surface area (Å²) in [6.07, 6.45) is -1.81. The van der Waals surface area contributed by atoms with Gasteiger partial charge >= 0.3 is 5.97 Å². The van der Waals surface area contributed by atoms with Crippen molar-refractivity contribution in [2.45, 2.75) is 65.1 Å². The van der Waals surface area contributed by atoms with Gasteiger partial charge in [-0.05, 0) is 49.4 Å². The summed E-state index contributed by atoms with van der Waals surface area (Å²) in [5, 5.41) is 28.8. The summed E-state index contributed by atoms with van der Waals surface area (Å²) in [7, 11) is 0. The van der Waals surface area contributed by atoms with Gasteiger partial charge in [-0.25, -0.2) is 4.39 Å². The molecule has 31 heavy (non-hydrogen) atoms. The fraction of sp³-hybridized carbons (Fsp3) is 0.480. The molecule has 5 nitrogen and oxygen atoms in total. The maximum atomic E-state index is 13.5. The first kappa shape index (κ1) is 24.8. The molecule has 0 aliphatic rings. The molecule has 170 valence electrons. The highest BCUT2D eigenvalue weighted by molar-refractivity contribution is 5.67. The molecule has 6 heteroatoms. The Morgan fingerprint density at radius 3 is 2.26 bits per heavy atom. The Kier molecular flexibility index (Phi) is 9.01. The van der Waals surface area contributed by atoms with Gasteiger partial charge in [0.1, 0.15) is 18.2 Å². The number of hydrogen-bond donors (Lipinski definition) is 3. The van der Waals surface area contributed by atoms with Crippen molar-refractivity contribution < 1.29 is 29.2 Å². The summed E-state index contributed by atoms with van der Waals surface area (Å²) in [6, 6.07) is 10.6. The van der Waals surface area contributed by atoms with E-state index in [1.54, 1.807) is 12.1 Å². The van der Waals surface area contributed by atoms with Crippen LogP contribution in [0.5, 0.6) is 5.75 Å². The average molecular weight is 433 g/mol. The monoisotopic (exact) mass is 432 g/mol. The SMILES string of the molecule is Cc1cc(C)c(OC[C@@H](O)C[C@@H](O)CC(=O)O)c(C(CC(C)C)c2ccc(F)cc2)c1. The standard InChI is InChI=1S/C25H33FO5/c1-15(2)9-22(18-5-7-19(26)8-6-18)23-11-16(3)10-17(4)25(23)31-14-21(28)12-20(27)13-24(29)30/h5-8,10-11,15,20-22,27-28H,9,12-14H2,1-4H3,(H,29,30)/t20-,21+,22?/m1/s1. The summed E-state index contributed by atoms with van der Waals surface area (Å²) in [4.78, 5) is 10.7. The van der Waals surface area contributed by atoms with Crippen molar-refractivity contribution in [2.24, 2.45) is 5.92 Å². The minimum Gasteiger partial charge on any atom is -0.490 e. The first-order valence-electron chi connectivity index (χ1n) is 10.6. The molecule has 0 heterocycles. The number of carboxylic acids is 1. The third-order valence-electron chi connectivity index (χ3n) is 5.18. The minimum absolute atomic E-state index is 0.0102. The molecule has 0 amide bonds. The number of aryl methyl sites for hydroxylation is 2. The lowest BCUT2D eigenvalue weighted by molar-refractivity contribution is -0.139.